The minimum atomic E-state index is -0.777. The zero-order valence-electron chi connectivity index (χ0n) is 17.6. The van der Waals surface area contributed by atoms with Gasteiger partial charge in [0.05, 0.1) is 11.2 Å². The van der Waals surface area contributed by atoms with Gasteiger partial charge in [-0.15, -0.1) is 0 Å². The van der Waals surface area contributed by atoms with Crippen LogP contribution >= 0.6 is 0 Å². The van der Waals surface area contributed by atoms with E-state index in [2.05, 4.69) is 61.8 Å². The molecule has 0 spiro atoms. The van der Waals surface area contributed by atoms with E-state index in [9.17, 15) is 4.39 Å². The van der Waals surface area contributed by atoms with Crippen molar-refractivity contribution in [2.45, 2.75) is 63.8 Å². The van der Waals surface area contributed by atoms with Crippen LogP contribution in [0.4, 0.5) is 10.1 Å². The molecule has 28 heavy (non-hydrogen) atoms. The fourth-order valence-corrected chi connectivity index (χ4v) is 5.49. The van der Waals surface area contributed by atoms with Gasteiger partial charge >= 0.3 is 7.12 Å². The van der Waals surface area contributed by atoms with Crippen molar-refractivity contribution in [3.63, 3.8) is 0 Å². The molecule has 2 aliphatic heterocycles. The second-order valence-corrected chi connectivity index (χ2v) is 10.6. The van der Waals surface area contributed by atoms with Gasteiger partial charge in [-0.25, -0.2) is 4.39 Å². The first-order chi connectivity index (χ1) is 13.1. The molecule has 0 unspecified atom stereocenters. The number of halogens is 1. The SMILES string of the molecule is CC1(C)OB(c2ccc(N3CCN(CC45CC(F)(C4)C5)CC3)cc2)OC1(C)C. The molecule has 152 valence electrons. The Balaban J connectivity index is 1.16. The minimum Gasteiger partial charge on any atom is -0.399 e. The summed E-state index contributed by atoms with van der Waals surface area (Å²) in [5.41, 5.74) is 1.25. The van der Waals surface area contributed by atoms with E-state index >= 15 is 0 Å². The van der Waals surface area contributed by atoms with Crippen LogP contribution in [0.1, 0.15) is 47.0 Å². The van der Waals surface area contributed by atoms with Gasteiger partial charge in [0, 0.05) is 38.4 Å². The fourth-order valence-electron chi connectivity index (χ4n) is 5.49. The van der Waals surface area contributed by atoms with Crippen LogP contribution in [0.15, 0.2) is 24.3 Å². The molecule has 2 heterocycles. The molecule has 5 aliphatic rings. The Hall–Kier alpha value is -1.11. The van der Waals surface area contributed by atoms with E-state index in [0.29, 0.717) is 5.41 Å². The van der Waals surface area contributed by atoms with Crippen LogP contribution in [0.25, 0.3) is 0 Å². The highest BCUT2D eigenvalue weighted by Gasteiger charge is 2.69. The van der Waals surface area contributed by atoms with Gasteiger partial charge in [0.2, 0.25) is 0 Å². The monoisotopic (exact) mass is 386 g/mol. The molecule has 3 aliphatic carbocycles. The molecule has 3 saturated carbocycles. The number of hydrogen-bond donors (Lipinski definition) is 0. The van der Waals surface area contributed by atoms with Crippen molar-refractivity contribution >= 4 is 18.3 Å². The third kappa shape index (κ3) is 2.99. The van der Waals surface area contributed by atoms with Gasteiger partial charge in [0.1, 0.15) is 5.67 Å². The Labute approximate surface area is 168 Å². The van der Waals surface area contributed by atoms with Gasteiger partial charge in [0.25, 0.3) is 0 Å². The average Bonchev–Trinajstić information content (AvgIpc) is 2.81. The lowest BCUT2D eigenvalue weighted by atomic mass is 9.42. The molecule has 6 rings (SSSR count). The number of benzene rings is 1. The van der Waals surface area contributed by atoms with E-state index < -0.39 is 5.67 Å². The van der Waals surface area contributed by atoms with E-state index in [4.69, 9.17) is 9.31 Å². The lowest BCUT2D eigenvalue weighted by molar-refractivity contribution is -0.221. The molecule has 6 heteroatoms. The summed E-state index contributed by atoms with van der Waals surface area (Å²) in [6.07, 6.45) is 2.42. The Morgan fingerprint density at radius 2 is 1.43 bits per heavy atom. The molecular weight excluding hydrogens is 354 g/mol. The number of piperazine rings is 1. The quantitative estimate of drug-likeness (QED) is 0.743. The van der Waals surface area contributed by atoms with Crippen molar-refractivity contribution in [3.8, 4) is 0 Å². The third-order valence-corrected chi connectivity index (χ3v) is 7.79. The lowest BCUT2D eigenvalue weighted by Crippen LogP contribution is -2.68. The zero-order chi connectivity index (χ0) is 19.8. The summed E-state index contributed by atoms with van der Waals surface area (Å²) in [6.45, 7) is 13.6. The minimum absolute atomic E-state index is 0.303. The van der Waals surface area contributed by atoms with Crippen LogP contribution in [0.5, 0.6) is 0 Å². The maximum Gasteiger partial charge on any atom is 0.494 e. The topological polar surface area (TPSA) is 24.9 Å². The van der Waals surface area contributed by atoms with Gasteiger partial charge in [-0.2, -0.15) is 0 Å². The predicted molar refractivity (Wildman–Crippen MR) is 111 cm³/mol. The van der Waals surface area contributed by atoms with Gasteiger partial charge in [0.15, 0.2) is 0 Å². The fraction of sp³-hybridized carbons (Fsp3) is 0.727. The first-order valence-corrected chi connectivity index (χ1v) is 10.7. The summed E-state index contributed by atoms with van der Waals surface area (Å²) in [5, 5.41) is 0. The highest BCUT2D eigenvalue weighted by atomic mass is 19.1. The molecule has 4 nitrogen and oxygen atoms in total. The van der Waals surface area contributed by atoms with Crippen LogP contribution in [-0.2, 0) is 9.31 Å². The molecule has 0 amide bonds. The molecular formula is C22H32BFN2O2. The maximum absolute atomic E-state index is 13.7. The first kappa shape index (κ1) is 18.9. The van der Waals surface area contributed by atoms with Crippen LogP contribution in [-0.4, -0.2) is 61.6 Å². The van der Waals surface area contributed by atoms with Gasteiger partial charge in [-0.1, -0.05) is 12.1 Å². The zero-order valence-corrected chi connectivity index (χ0v) is 17.6. The smallest absolute Gasteiger partial charge is 0.399 e. The summed E-state index contributed by atoms with van der Waals surface area (Å²) >= 11 is 0. The van der Waals surface area contributed by atoms with Crippen LogP contribution in [0.3, 0.4) is 0 Å². The Morgan fingerprint density at radius 3 is 1.93 bits per heavy atom. The summed E-state index contributed by atoms with van der Waals surface area (Å²) in [7, 11) is -0.303. The van der Waals surface area contributed by atoms with E-state index in [0.717, 1.165) is 57.4 Å². The van der Waals surface area contributed by atoms with E-state index in [1.165, 1.54) is 5.69 Å². The summed E-state index contributed by atoms with van der Waals surface area (Å²) < 4.78 is 26.0. The average molecular weight is 386 g/mol. The standard InChI is InChI=1S/C22H32BFN2O2/c1-19(2)20(3,4)28-23(27-19)17-5-7-18(8-6-17)26-11-9-25(10-12-26)16-21-13-22(24,14-21)15-21/h5-8H,9-16H2,1-4H3. The van der Waals surface area contributed by atoms with E-state index in [1.54, 1.807) is 0 Å². The van der Waals surface area contributed by atoms with Crippen molar-refractivity contribution < 1.29 is 13.7 Å². The number of rotatable bonds is 4. The van der Waals surface area contributed by atoms with Gasteiger partial charge in [-0.3, -0.25) is 4.90 Å². The number of alkyl halides is 1. The first-order valence-electron chi connectivity index (χ1n) is 10.7. The molecule has 5 fully saturated rings. The number of hydrogen-bond acceptors (Lipinski definition) is 4. The second kappa shape index (κ2) is 5.96. The molecule has 0 atom stereocenters. The van der Waals surface area contributed by atoms with Crippen LogP contribution in [0.2, 0.25) is 0 Å². The maximum atomic E-state index is 13.7. The van der Waals surface area contributed by atoms with E-state index in [-0.39, 0.29) is 18.3 Å². The number of anilines is 1. The Kier molecular flexibility index (Phi) is 4.02. The predicted octanol–water partition coefficient (Wildman–Crippen LogP) is 3.00. The van der Waals surface area contributed by atoms with Gasteiger partial charge in [-0.05, 0) is 70.0 Å². The van der Waals surface area contributed by atoms with Crippen LogP contribution < -0.4 is 10.4 Å². The summed E-state index contributed by atoms with van der Waals surface area (Å²) in [4.78, 5) is 4.98. The molecule has 1 aromatic rings. The van der Waals surface area contributed by atoms with Crippen molar-refractivity contribution in [2.24, 2.45) is 5.41 Å². The normalized spacial score (nSPS) is 36.2. The van der Waals surface area contributed by atoms with Crippen molar-refractivity contribution in [1.82, 2.24) is 4.90 Å². The Bertz CT molecular complexity index is 723. The molecule has 2 bridgehead atoms. The lowest BCUT2D eigenvalue weighted by Gasteiger charge is -2.67. The molecule has 0 N–H and O–H groups in total. The third-order valence-electron chi connectivity index (χ3n) is 7.79. The summed E-state index contributed by atoms with van der Waals surface area (Å²) in [5.74, 6) is 0. The highest BCUT2D eigenvalue weighted by molar-refractivity contribution is 6.62. The highest BCUT2D eigenvalue weighted by Crippen LogP contribution is 2.69. The molecule has 0 radical (unpaired) electrons. The van der Waals surface area contributed by atoms with Crippen LogP contribution in [0, 0.1) is 5.41 Å². The van der Waals surface area contributed by atoms with E-state index in [1.807, 2.05) is 0 Å². The van der Waals surface area contributed by atoms with Crippen molar-refractivity contribution in [3.05, 3.63) is 24.3 Å². The van der Waals surface area contributed by atoms with Crippen molar-refractivity contribution in [2.75, 3.05) is 37.6 Å². The molecule has 2 saturated heterocycles. The largest absolute Gasteiger partial charge is 0.494 e. The molecule has 1 aromatic carbocycles. The van der Waals surface area contributed by atoms with Crippen molar-refractivity contribution in [1.29, 1.82) is 0 Å². The summed E-state index contributed by atoms with van der Waals surface area (Å²) in [6, 6.07) is 8.63. The Morgan fingerprint density at radius 1 is 0.893 bits per heavy atom. The van der Waals surface area contributed by atoms with Gasteiger partial charge < -0.3 is 14.2 Å². The second-order valence-electron chi connectivity index (χ2n) is 10.6. The molecule has 0 aromatic heterocycles. The number of nitrogens with zero attached hydrogens (tertiary/aromatic N) is 2.